The summed E-state index contributed by atoms with van der Waals surface area (Å²) in [4.78, 5) is 16.5. The van der Waals surface area contributed by atoms with E-state index in [0.717, 1.165) is 45.9 Å². The number of benzene rings is 1. The van der Waals surface area contributed by atoms with Crippen molar-refractivity contribution in [3.8, 4) is 0 Å². The van der Waals surface area contributed by atoms with E-state index in [-0.39, 0.29) is 12.4 Å². The van der Waals surface area contributed by atoms with Crippen molar-refractivity contribution in [1.29, 1.82) is 0 Å². The molecule has 0 spiro atoms. The maximum Gasteiger partial charge on any atom is 0.308 e. The van der Waals surface area contributed by atoms with Crippen LogP contribution in [0.4, 0.5) is 0 Å². The van der Waals surface area contributed by atoms with Gasteiger partial charge in [0.2, 0.25) is 0 Å². The Hall–Kier alpha value is -1.63. The van der Waals surface area contributed by atoms with Gasteiger partial charge in [0, 0.05) is 39.3 Å². The van der Waals surface area contributed by atoms with Crippen molar-refractivity contribution in [2.45, 2.75) is 39.3 Å². The van der Waals surface area contributed by atoms with Gasteiger partial charge in [-0.15, -0.1) is 0 Å². The lowest BCUT2D eigenvalue weighted by molar-refractivity contribution is -0.156. The molecule has 0 unspecified atom stereocenters. The highest BCUT2D eigenvalue weighted by Gasteiger charge is 2.17. The van der Waals surface area contributed by atoms with Gasteiger partial charge in [0.25, 0.3) is 0 Å². The lowest BCUT2D eigenvalue weighted by Crippen LogP contribution is -2.46. The molecule has 1 saturated heterocycles. The predicted molar refractivity (Wildman–Crippen MR) is 154 cm³/mol. The van der Waals surface area contributed by atoms with Crippen LogP contribution in [0.5, 0.6) is 0 Å². The zero-order valence-corrected chi connectivity index (χ0v) is 25.0. The Morgan fingerprint density at radius 3 is 1.52 bits per heavy atom. The summed E-state index contributed by atoms with van der Waals surface area (Å²) in [6.45, 7) is 18.2. The molecule has 0 aliphatic carbocycles. The number of nitrogens with zero attached hydrogens (tertiary/aromatic N) is 2. The highest BCUT2D eigenvalue weighted by atomic mass is 16.6. The van der Waals surface area contributed by atoms with Gasteiger partial charge >= 0.3 is 5.97 Å². The average Bonchev–Trinajstić information content (AvgIpc) is 2.92. The van der Waals surface area contributed by atoms with Gasteiger partial charge < -0.3 is 33.2 Å². The summed E-state index contributed by atoms with van der Waals surface area (Å²) in [5, 5.41) is 0. The van der Waals surface area contributed by atoms with Crippen LogP contribution < -0.4 is 0 Å². The Morgan fingerprint density at radius 1 is 0.625 bits per heavy atom. The molecule has 40 heavy (non-hydrogen) atoms. The number of carbonyl (C=O) groups excluding carboxylic acids is 1. The molecular weight excluding hydrogens is 516 g/mol. The van der Waals surface area contributed by atoms with Gasteiger partial charge in [-0.1, -0.05) is 30.3 Å². The second kappa shape index (κ2) is 22.0. The molecule has 1 aromatic rings. The smallest absolute Gasteiger partial charge is 0.308 e. The van der Waals surface area contributed by atoms with Crippen LogP contribution in [0, 0.1) is 0 Å². The third-order valence-corrected chi connectivity index (χ3v) is 6.00. The Morgan fingerprint density at radius 2 is 1.05 bits per heavy atom. The standard InChI is InChI=1S/C30H52N2O8/c1-30(2,3)40-29(33)9-15-34-17-19-36-21-23-38-25-26-39-24-22-37-20-18-35-16-14-31-10-12-32(13-11-31)27-28-7-5-4-6-8-28/h4-8H,9-27H2,1-3H3. The molecule has 0 N–H and O–H groups in total. The van der Waals surface area contributed by atoms with Crippen LogP contribution in [0.25, 0.3) is 0 Å². The van der Waals surface area contributed by atoms with E-state index >= 15 is 0 Å². The predicted octanol–water partition coefficient (Wildman–Crippen LogP) is 2.64. The molecule has 0 amide bonds. The van der Waals surface area contributed by atoms with Crippen LogP contribution in [-0.4, -0.2) is 133 Å². The van der Waals surface area contributed by atoms with Crippen molar-refractivity contribution in [3.05, 3.63) is 35.9 Å². The SMILES string of the molecule is CC(C)(C)OC(=O)CCOCCOCCOCCOCCOCCOCCN1CCN(Cc2ccccc2)CC1. The van der Waals surface area contributed by atoms with Crippen LogP contribution in [0.2, 0.25) is 0 Å². The zero-order valence-electron chi connectivity index (χ0n) is 25.0. The average molecular weight is 569 g/mol. The monoisotopic (exact) mass is 568 g/mol. The number of hydrogen-bond acceptors (Lipinski definition) is 10. The number of carbonyl (C=O) groups is 1. The third-order valence-electron chi connectivity index (χ3n) is 6.00. The first kappa shape index (κ1) is 34.6. The summed E-state index contributed by atoms with van der Waals surface area (Å²) < 4.78 is 38.3. The Kier molecular flexibility index (Phi) is 19.0. The lowest BCUT2D eigenvalue weighted by atomic mass is 10.2. The lowest BCUT2D eigenvalue weighted by Gasteiger charge is -2.34. The highest BCUT2D eigenvalue weighted by Crippen LogP contribution is 2.09. The summed E-state index contributed by atoms with van der Waals surface area (Å²) in [6, 6.07) is 10.7. The first-order chi connectivity index (χ1) is 19.4. The quantitative estimate of drug-likeness (QED) is 0.145. The van der Waals surface area contributed by atoms with Crippen molar-refractivity contribution in [1.82, 2.24) is 9.80 Å². The van der Waals surface area contributed by atoms with E-state index in [2.05, 4.69) is 40.1 Å². The minimum atomic E-state index is -0.463. The fourth-order valence-corrected chi connectivity index (χ4v) is 3.96. The molecular formula is C30H52N2O8. The van der Waals surface area contributed by atoms with E-state index in [1.165, 1.54) is 5.56 Å². The van der Waals surface area contributed by atoms with E-state index in [1.807, 2.05) is 20.8 Å². The van der Waals surface area contributed by atoms with Gasteiger partial charge in [0.1, 0.15) is 5.60 Å². The van der Waals surface area contributed by atoms with Gasteiger partial charge in [0.15, 0.2) is 0 Å². The molecule has 1 fully saturated rings. The molecule has 10 nitrogen and oxygen atoms in total. The largest absolute Gasteiger partial charge is 0.460 e. The molecule has 0 aromatic heterocycles. The summed E-state index contributed by atoms with van der Waals surface area (Å²) in [7, 11) is 0. The van der Waals surface area contributed by atoms with Crippen molar-refractivity contribution >= 4 is 5.97 Å². The van der Waals surface area contributed by atoms with Crippen LogP contribution in [0.3, 0.4) is 0 Å². The Bertz CT molecular complexity index is 739. The molecule has 0 atom stereocenters. The summed E-state index contributed by atoms with van der Waals surface area (Å²) in [6.07, 6.45) is 0.244. The number of rotatable bonds is 23. The molecule has 230 valence electrons. The van der Waals surface area contributed by atoms with E-state index in [0.29, 0.717) is 72.7 Å². The fourth-order valence-electron chi connectivity index (χ4n) is 3.96. The molecule has 1 heterocycles. The van der Waals surface area contributed by atoms with Crippen molar-refractivity contribution < 1.29 is 38.0 Å². The maximum atomic E-state index is 11.6. The summed E-state index contributed by atoms with van der Waals surface area (Å²) in [5.74, 6) is -0.254. The number of ether oxygens (including phenoxy) is 7. The third kappa shape index (κ3) is 19.4. The normalized spacial score (nSPS) is 15.0. The molecule has 1 aliphatic heterocycles. The number of piperazine rings is 1. The molecule has 0 bridgehead atoms. The van der Waals surface area contributed by atoms with E-state index in [4.69, 9.17) is 33.2 Å². The molecule has 1 aliphatic rings. The van der Waals surface area contributed by atoms with Gasteiger partial charge in [-0.2, -0.15) is 0 Å². The van der Waals surface area contributed by atoms with Gasteiger partial charge in [-0.05, 0) is 26.3 Å². The van der Waals surface area contributed by atoms with Gasteiger partial charge in [-0.25, -0.2) is 0 Å². The van der Waals surface area contributed by atoms with Gasteiger partial charge in [-0.3, -0.25) is 14.6 Å². The highest BCUT2D eigenvalue weighted by molar-refractivity contribution is 5.69. The molecule has 0 saturated carbocycles. The van der Waals surface area contributed by atoms with Crippen LogP contribution in [-0.2, 0) is 44.5 Å². The van der Waals surface area contributed by atoms with Crippen molar-refractivity contribution in [2.24, 2.45) is 0 Å². The molecule has 2 rings (SSSR count). The second-order valence-corrected chi connectivity index (χ2v) is 10.6. The summed E-state index contributed by atoms with van der Waals surface area (Å²) >= 11 is 0. The number of esters is 1. The number of hydrogen-bond donors (Lipinski definition) is 0. The molecule has 0 radical (unpaired) electrons. The minimum Gasteiger partial charge on any atom is -0.460 e. The molecule has 1 aromatic carbocycles. The van der Waals surface area contributed by atoms with E-state index in [1.54, 1.807) is 0 Å². The van der Waals surface area contributed by atoms with E-state index < -0.39 is 5.60 Å². The van der Waals surface area contributed by atoms with Gasteiger partial charge in [0.05, 0.1) is 85.7 Å². The second-order valence-electron chi connectivity index (χ2n) is 10.6. The zero-order chi connectivity index (χ0) is 28.7. The van der Waals surface area contributed by atoms with Crippen molar-refractivity contribution in [2.75, 3.05) is 112 Å². The van der Waals surface area contributed by atoms with E-state index in [9.17, 15) is 4.79 Å². The fraction of sp³-hybridized carbons (Fsp3) is 0.767. The van der Waals surface area contributed by atoms with Crippen molar-refractivity contribution in [3.63, 3.8) is 0 Å². The topological polar surface area (TPSA) is 88.2 Å². The maximum absolute atomic E-state index is 11.6. The first-order valence-corrected chi connectivity index (χ1v) is 14.6. The molecule has 10 heteroatoms. The Balaban J connectivity index is 1.23. The summed E-state index contributed by atoms with van der Waals surface area (Å²) in [5.41, 5.74) is 0.919. The van der Waals surface area contributed by atoms with Crippen LogP contribution in [0.15, 0.2) is 30.3 Å². The van der Waals surface area contributed by atoms with Crippen LogP contribution in [0.1, 0.15) is 32.8 Å². The minimum absolute atomic E-state index is 0.244. The first-order valence-electron chi connectivity index (χ1n) is 14.6. The van der Waals surface area contributed by atoms with Crippen LogP contribution >= 0.6 is 0 Å². The Labute approximate surface area is 241 Å².